The van der Waals surface area contributed by atoms with Gasteiger partial charge < -0.3 is 9.47 Å². The molecule has 0 aromatic heterocycles. The van der Waals surface area contributed by atoms with Gasteiger partial charge in [0.15, 0.2) is 0 Å². The number of carbonyl (C=O) groups excluding carboxylic acids is 1. The van der Waals surface area contributed by atoms with E-state index in [1.165, 1.54) is 18.4 Å². The topological polar surface area (TPSA) is 170 Å². The van der Waals surface area contributed by atoms with Crippen molar-refractivity contribution in [2.75, 3.05) is 20.3 Å². The summed E-state index contributed by atoms with van der Waals surface area (Å²) in [4.78, 5) is 20.2. The van der Waals surface area contributed by atoms with Gasteiger partial charge in [-0.25, -0.2) is 14.8 Å². The minimum atomic E-state index is -4.73. The number of methoxy groups -OCH3 is 1. The van der Waals surface area contributed by atoms with Gasteiger partial charge in [-0.05, 0) is 71.3 Å². The molecule has 14 heteroatoms. The third-order valence-electron chi connectivity index (χ3n) is 7.06. The molecule has 0 saturated carbocycles. The first-order valence-corrected chi connectivity index (χ1v) is 17.3. The lowest BCUT2D eigenvalue weighted by molar-refractivity contribution is -0.136. The van der Waals surface area contributed by atoms with E-state index >= 15 is 0 Å². The summed E-state index contributed by atoms with van der Waals surface area (Å²) in [7, 11) is -8.08. The summed E-state index contributed by atoms with van der Waals surface area (Å²) in [6, 6.07) is 13.7. The Bertz CT molecular complexity index is 2050. The Balaban J connectivity index is 1.64. The highest BCUT2D eigenvalue weighted by atomic mass is 32.2. The van der Waals surface area contributed by atoms with Crippen molar-refractivity contribution >= 4 is 53.4 Å². The van der Waals surface area contributed by atoms with Crippen molar-refractivity contribution in [1.29, 1.82) is 0 Å². The van der Waals surface area contributed by atoms with Gasteiger partial charge in [-0.1, -0.05) is 40.3 Å². The maximum Gasteiger partial charge on any atom is 0.335 e. The smallest absolute Gasteiger partial charge is 0.335 e. The molecule has 11 nitrogen and oxygen atoms in total. The minimum Gasteiger partial charge on any atom is -0.466 e. The van der Waals surface area contributed by atoms with E-state index in [1.54, 1.807) is 18.2 Å². The van der Waals surface area contributed by atoms with Gasteiger partial charge >= 0.3 is 5.97 Å². The Morgan fingerprint density at radius 3 is 2.33 bits per heavy atom. The van der Waals surface area contributed by atoms with Crippen LogP contribution in [0.5, 0.6) is 0 Å². The van der Waals surface area contributed by atoms with Crippen LogP contribution in [0.3, 0.4) is 0 Å². The van der Waals surface area contributed by atoms with Gasteiger partial charge in [0, 0.05) is 0 Å². The molecule has 240 valence electrons. The zero-order chi connectivity index (χ0) is 33.4. The summed E-state index contributed by atoms with van der Waals surface area (Å²) in [5.41, 5.74) is 2.00. The van der Waals surface area contributed by atoms with E-state index in [4.69, 9.17) is 9.72 Å². The predicted octanol–water partition coefficient (Wildman–Crippen LogP) is 5.57. The molecular formula is C31H34N2O9S3. The number of hydrogen-bond donors (Lipinski definition) is 2. The summed E-state index contributed by atoms with van der Waals surface area (Å²) in [5.74, 6) is -0.493. The molecule has 0 bridgehead atoms. The van der Waals surface area contributed by atoms with E-state index in [0.717, 1.165) is 45.3 Å². The molecule has 0 fully saturated rings. The molecule has 0 radical (unpaired) electrons. The van der Waals surface area contributed by atoms with Crippen LogP contribution in [0.2, 0.25) is 0 Å². The monoisotopic (exact) mass is 674 g/mol. The lowest BCUT2D eigenvalue weighted by Gasteiger charge is -2.35. The lowest BCUT2D eigenvalue weighted by Crippen LogP contribution is -2.30. The van der Waals surface area contributed by atoms with E-state index in [1.807, 2.05) is 6.07 Å². The molecule has 0 saturated heterocycles. The molecule has 1 aliphatic carbocycles. The van der Waals surface area contributed by atoms with Crippen molar-refractivity contribution in [2.24, 2.45) is 10.4 Å². The fourth-order valence-corrected chi connectivity index (χ4v) is 7.30. The number of fused-ring (bicyclic) bond motifs is 2. The SMILES string of the molecule is C=C(COCC(C)(C)CC(C)(C)c1ccc2sc3cc(=Nc4cc(S(=O)(=O)O)ccc4S(=O)(=O)O)ccc-3nc2c1)C(=O)OC. The van der Waals surface area contributed by atoms with E-state index in [0.29, 0.717) is 12.3 Å². The molecular weight excluding hydrogens is 641 g/mol. The van der Waals surface area contributed by atoms with Gasteiger partial charge in [-0.2, -0.15) is 16.8 Å². The summed E-state index contributed by atoms with van der Waals surface area (Å²) in [6.07, 6.45) is 0.780. The molecule has 0 atom stereocenters. The van der Waals surface area contributed by atoms with Gasteiger partial charge in [0.25, 0.3) is 20.2 Å². The summed E-state index contributed by atoms with van der Waals surface area (Å²) < 4.78 is 77.4. The van der Waals surface area contributed by atoms with Crippen LogP contribution >= 0.6 is 11.3 Å². The van der Waals surface area contributed by atoms with Gasteiger partial charge in [-0.3, -0.25) is 9.11 Å². The molecule has 2 aromatic carbocycles. The van der Waals surface area contributed by atoms with Gasteiger partial charge in [0.1, 0.15) is 4.90 Å². The first-order valence-electron chi connectivity index (χ1n) is 13.6. The van der Waals surface area contributed by atoms with Crippen LogP contribution in [0, 0.1) is 5.41 Å². The van der Waals surface area contributed by atoms with Crippen molar-refractivity contribution < 1.29 is 40.2 Å². The highest BCUT2D eigenvalue weighted by Gasteiger charge is 2.31. The van der Waals surface area contributed by atoms with Crippen LogP contribution in [0.4, 0.5) is 5.69 Å². The van der Waals surface area contributed by atoms with E-state index in [9.17, 15) is 30.7 Å². The van der Waals surface area contributed by atoms with Crippen LogP contribution in [0.1, 0.15) is 39.7 Å². The molecule has 0 spiro atoms. The Morgan fingerprint density at radius 1 is 0.978 bits per heavy atom. The van der Waals surface area contributed by atoms with Crippen molar-refractivity contribution in [3.05, 3.63) is 77.7 Å². The molecule has 1 heterocycles. The maximum atomic E-state index is 11.9. The molecule has 45 heavy (non-hydrogen) atoms. The zero-order valence-electron chi connectivity index (χ0n) is 25.4. The summed E-state index contributed by atoms with van der Waals surface area (Å²) in [6.45, 7) is 12.7. The number of esters is 1. The van der Waals surface area contributed by atoms with Gasteiger partial charge in [0.2, 0.25) is 0 Å². The first-order chi connectivity index (χ1) is 20.8. The predicted molar refractivity (Wildman–Crippen MR) is 171 cm³/mol. The first kappa shape index (κ1) is 34.3. The second kappa shape index (κ2) is 12.7. The minimum absolute atomic E-state index is 0.0958. The largest absolute Gasteiger partial charge is 0.466 e. The number of carbonyl (C=O) groups is 1. The second-order valence-electron chi connectivity index (χ2n) is 12.1. The van der Waals surface area contributed by atoms with E-state index in [-0.39, 0.29) is 34.1 Å². The normalized spacial score (nSPS) is 13.4. The van der Waals surface area contributed by atoms with Crippen molar-refractivity contribution in [3.63, 3.8) is 0 Å². The molecule has 1 aliphatic heterocycles. The number of ether oxygens (including phenoxy) is 2. The molecule has 4 rings (SSSR count). The standard InChI is InChI=1S/C31H34N2O9S3/c1-19(29(34)41-6)16-42-18-30(2,3)17-31(4,5)20-7-11-26-24(13-20)33-23-10-8-21(14-27(23)43-26)32-25-15-22(44(35,36)37)9-12-28(25)45(38,39)40/h7-15H,1,16-18H2,2-6H3,(H,35,36,37)(H,38,39,40). The highest BCUT2D eigenvalue weighted by molar-refractivity contribution is 7.86. The molecule has 2 N–H and O–H groups in total. The summed E-state index contributed by atoms with van der Waals surface area (Å²) >= 11 is 1.45. The Kier molecular flexibility index (Phi) is 9.69. The average Bonchev–Trinajstić information content (AvgIpc) is 2.93. The molecule has 2 aromatic rings. The quantitative estimate of drug-likeness (QED) is 0.0888. The average molecular weight is 675 g/mol. The fourth-order valence-electron chi connectivity index (χ4n) is 5.21. The van der Waals surface area contributed by atoms with E-state index < -0.39 is 36.0 Å². The van der Waals surface area contributed by atoms with Crippen LogP contribution < -0.4 is 5.36 Å². The van der Waals surface area contributed by atoms with Crippen molar-refractivity contribution in [3.8, 4) is 10.6 Å². The second-order valence-corrected chi connectivity index (χ2v) is 15.9. The Hall–Kier alpha value is -3.53. The maximum absolute atomic E-state index is 11.9. The number of hydrogen-bond acceptors (Lipinski definition) is 10. The number of rotatable bonds is 11. The third kappa shape index (κ3) is 8.39. The highest BCUT2D eigenvalue weighted by Crippen LogP contribution is 2.39. The van der Waals surface area contributed by atoms with Crippen molar-refractivity contribution in [2.45, 2.75) is 49.3 Å². The number of aromatic nitrogens is 1. The molecule has 0 amide bonds. The third-order valence-corrected chi connectivity index (χ3v) is 9.93. The summed E-state index contributed by atoms with van der Waals surface area (Å²) in [5, 5.41) is 0.287. The number of nitrogens with zero attached hydrogens (tertiary/aromatic N) is 2. The Labute approximate surface area is 266 Å². The molecule has 0 unspecified atom stereocenters. The number of benzene rings is 3. The van der Waals surface area contributed by atoms with Crippen LogP contribution in [0.25, 0.3) is 20.8 Å². The zero-order valence-corrected chi connectivity index (χ0v) is 27.8. The van der Waals surface area contributed by atoms with Crippen LogP contribution in [0.15, 0.2) is 81.5 Å². The van der Waals surface area contributed by atoms with Gasteiger partial charge in [-0.15, -0.1) is 11.3 Å². The van der Waals surface area contributed by atoms with E-state index in [2.05, 4.69) is 56.1 Å². The van der Waals surface area contributed by atoms with Crippen LogP contribution in [-0.2, 0) is 39.9 Å². The van der Waals surface area contributed by atoms with Crippen molar-refractivity contribution in [1.82, 2.24) is 4.98 Å². The fraction of sp³-hybridized carbons (Fsp3) is 0.323. The lowest BCUT2D eigenvalue weighted by atomic mass is 9.71. The Morgan fingerprint density at radius 2 is 1.69 bits per heavy atom. The molecule has 2 aliphatic rings. The van der Waals surface area contributed by atoms with Gasteiger partial charge in [0.05, 0.1) is 62.6 Å². The van der Waals surface area contributed by atoms with Crippen LogP contribution in [-0.4, -0.2) is 57.2 Å².